The van der Waals surface area contributed by atoms with Crippen LogP contribution in [0.4, 0.5) is 5.69 Å². The molecule has 0 saturated carbocycles. The molecule has 0 atom stereocenters. The van der Waals surface area contributed by atoms with Gasteiger partial charge in [-0.1, -0.05) is 17.8 Å². The topological polar surface area (TPSA) is 60.5 Å². The SMILES string of the molecule is Cc1ccc(Sc2ncccc2C(=O)Nc2ccc3c(c2)OCO3)cc1C. The molecule has 0 radical (unpaired) electrons. The lowest BCUT2D eigenvalue weighted by atomic mass is 10.1. The number of hydrogen-bond acceptors (Lipinski definition) is 5. The van der Waals surface area contributed by atoms with E-state index in [-0.39, 0.29) is 12.7 Å². The van der Waals surface area contributed by atoms with E-state index in [9.17, 15) is 4.79 Å². The highest BCUT2D eigenvalue weighted by Crippen LogP contribution is 2.35. The Morgan fingerprint density at radius 3 is 2.74 bits per heavy atom. The van der Waals surface area contributed by atoms with Crippen molar-refractivity contribution >= 4 is 23.4 Å². The molecule has 0 unspecified atom stereocenters. The number of nitrogens with zero attached hydrogens (tertiary/aromatic N) is 1. The first kappa shape index (κ1) is 17.4. The Labute approximate surface area is 161 Å². The first-order valence-electron chi connectivity index (χ1n) is 8.51. The lowest BCUT2D eigenvalue weighted by Crippen LogP contribution is -2.13. The Morgan fingerprint density at radius 2 is 1.89 bits per heavy atom. The van der Waals surface area contributed by atoms with Gasteiger partial charge >= 0.3 is 0 Å². The predicted molar refractivity (Wildman–Crippen MR) is 105 cm³/mol. The first-order valence-corrected chi connectivity index (χ1v) is 9.33. The van der Waals surface area contributed by atoms with Gasteiger partial charge in [-0.15, -0.1) is 0 Å². The number of fused-ring (bicyclic) bond motifs is 1. The minimum atomic E-state index is -0.215. The van der Waals surface area contributed by atoms with Gasteiger partial charge in [0.2, 0.25) is 6.79 Å². The smallest absolute Gasteiger partial charge is 0.258 e. The number of carbonyl (C=O) groups excluding carboxylic acids is 1. The third-order valence-electron chi connectivity index (χ3n) is 4.34. The number of ether oxygens (including phenoxy) is 2. The van der Waals surface area contributed by atoms with Crippen molar-refractivity contribution in [1.82, 2.24) is 4.98 Å². The normalized spacial score (nSPS) is 12.1. The largest absolute Gasteiger partial charge is 0.454 e. The van der Waals surface area contributed by atoms with Crippen molar-refractivity contribution in [1.29, 1.82) is 0 Å². The first-order chi connectivity index (χ1) is 13.1. The molecular formula is C21H18N2O3S. The molecule has 3 aromatic rings. The van der Waals surface area contributed by atoms with Crippen LogP contribution in [0.1, 0.15) is 21.5 Å². The van der Waals surface area contributed by atoms with Crippen molar-refractivity contribution in [2.24, 2.45) is 0 Å². The van der Waals surface area contributed by atoms with Crippen molar-refractivity contribution in [3.8, 4) is 11.5 Å². The van der Waals surface area contributed by atoms with E-state index in [1.807, 2.05) is 6.07 Å². The van der Waals surface area contributed by atoms with Crippen molar-refractivity contribution in [2.75, 3.05) is 12.1 Å². The van der Waals surface area contributed by atoms with E-state index >= 15 is 0 Å². The van der Waals surface area contributed by atoms with Gasteiger partial charge in [-0.05, 0) is 61.4 Å². The maximum absolute atomic E-state index is 12.8. The van der Waals surface area contributed by atoms with Crippen molar-refractivity contribution in [2.45, 2.75) is 23.8 Å². The summed E-state index contributed by atoms with van der Waals surface area (Å²) in [6.07, 6.45) is 1.70. The van der Waals surface area contributed by atoms with Crippen LogP contribution in [0.2, 0.25) is 0 Å². The van der Waals surface area contributed by atoms with E-state index in [4.69, 9.17) is 9.47 Å². The van der Waals surface area contributed by atoms with Crippen LogP contribution in [0.3, 0.4) is 0 Å². The van der Waals surface area contributed by atoms with Crippen LogP contribution in [0.25, 0.3) is 0 Å². The number of carbonyl (C=O) groups is 1. The second kappa shape index (κ2) is 7.32. The predicted octanol–water partition coefficient (Wildman–Crippen LogP) is 4.83. The summed E-state index contributed by atoms with van der Waals surface area (Å²) in [6.45, 7) is 4.35. The molecule has 136 valence electrons. The molecule has 2 aromatic carbocycles. The Bertz CT molecular complexity index is 1020. The number of pyridine rings is 1. The molecule has 0 fully saturated rings. The molecule has 1 aromatic heterocycles. The second-order valence-electron chi connectivity index (χ2n) is 6.23. The second-order valence-corrected chi connectivity index (χ2v) is 7.29. The zero-order valence-electron chi connectivity index (χ0n) is 15.0. The summed E-state index contributed by atoms with van der Waals surface area (Å²) in [6, 6.07) is 15.1. The van der Waals surface area contributed by atoms with Crippen LogP contribution in [-0.4, -0.2) is 17.7 Å². The highest BCUT2D eigenvalue weighted by Gasteiger charge is 2.17. The van der Waals surface area contributed by atoms with Gasteiger partial charge < -0.3 is 14.8 Å². The molecule has 1 N–H and O–H groups in total. The quantitative estimate of drug-likeness (QED) is 0.704. The van der Waals surface area contributed by atoms with Gasteiger partial charge in [-0.25, -0.2) is 4.98 Å². The van der Waals surface area contributed by atoms with E-state index in [1.54, 1.807) is 36.5 Å². The maximum Gasteiger partial charge on any atom is 0.258 e. The molecule has 0 spiro atoms. The highest BCUT2D eigenvalue weighted by atomic mass is 32.2. The molecule has 4 rings (SSSR count). The van der Waals surface area contributed by atoms with Crippen LogP contribution in [-0.2, 0) is 0 Å². The van der Waals surface area contributed by atoms with Crippen LogP contribution in [0.15, 0.2) is 64.6 Å². The molecule has 0 aliphatic carbocycles. The molecule has 0 saturated heterocycles. The number of benzene rings is 2. The molecule has 5 nitrogen and oxygen atoms in total. The number of aryl methyl sites for hydroxylation is 2. The van der Waals surface area contributed by atoms with Gasteiger partial charge in [0.05, 0.1) is 5.56 Å². The molecule has 0 bridgehead atoms. The number of rotatable bonds is 4. The Morgan fingerprint density at radius 1 is 1.04 bits per heavy atom. The van der Waals surface area contributed by atoms with E-state index in [1.165, 1.54) is 22.9 Å². The third-order valence-corrected chi connectivity index (χ3v) is 5.35. The number of anilines is 1. The van der Waals surface area contributed by atoms with Gasteiger partial charge in [0.25, 0.3) is 5.91 Å². The fourth-order valence-corrected chi connectivity index (χ4v) is 3.69. The zero-order valence-corrected chi connectivity index (χ0v) is 15.8. The van der Waals surface area contributed by atoms with Gasteiger partial charge in [0, 0.05) is 22.8 Å². The number of hydrogen-bond donors (Lipinski definition) is 1. The lowest BCUT2D eigenvalue weighted by Gasteiger charge is -2.10. The van der Waals surface area contributed by atoms with Crippen LogP contribution >= 0.6 is 11.8 Å². The van der Waals surface area contributed by atoms with Crippen LogP contribution in [0.5, 0.6) is 11.5 Å². The Balaban J connectivity index is 1.56. The highest BCUT2D eigenvalue weighted by molar-refractivity contribution is 7.99. The molecule has 2 heterocycles. The standard InChI is InChI=1S/C21H18N2O3S/c1-13-5-7-16(10-14(13)2)27-21-17(4-3-9-22-21)20(24)23-15-6-8-18-19(11-15)26-12-25-18/h3-11H,12H2,1-2H3,(H,23,24). The van der Waals surface area contributed by atoms with Crippen molar-refractivity contribution in [3.05, 3.63) is 71.4 Å². The average Bonchev–Trinajstić information content (AvgIpc) is 3.13. The summed E-state index contributed by atoms with van der Waals surface area (Å²) in [5.74, 6) is 1.09. The zero-order chi connectivity index (χ0) is 18.8. The molecule has 6 heteroatoms. The summed E-state index contributed by atoms with van der Waals surface area (Å²) >= 11 is 1.48. The Kier molecular flexibility index (Phi) is 4.73. The summed E-state index contributed by atoms with van der Waals surface area (Å²) in [5, 5.41) is 3.57. The van der Waals surface area contributed by atoms with Crippen LogP contribution in [0, 0.1) is 13.8 Å². The summed E-state index contributed by atoms with van der Waals surface area (Å²) < 4.78 is 10.7. The van der Waals surface area contributed by atoms with E-state index in [0.717, 1.165) is 4.90 Å². The van der Waals surface area contributed by atoms with E-state index < -0.39 is 0 Å². The van der Waals surface area contributed by atoms with Crippen molar-refractivity contribution < 1.29 is 14.3 Å². The average molecular weight is 378 g/mol. The molecule has 1 amide bonds. The fourth-order valence-electron chi connectivity index (χ4n) is 2.71. The monoisotopic (exact) mass is 378 g/mol. The minimum absolute atomic E-state index is 0.200. The summed E-state index contributed by atoms with van der Waals surface area (Å²) in [5.41, 5.74) is 3.62. The van der Waals surface area contributed by atoms with Gasteiger partial charge in [0.1, 0.15) is 5.03 Å². The summed E-state index contributed by atoms with van der Waals surface area (Å²) in [7, 11) is 0. The maximum atomic E-state index is 12.8. The van der Waals surface area contributed by atoms with Gasteiger partial charge in [0.15, 0.2) is 11.5 Å². The third kappa shape index (κ3) is 3.75. The number of nitrogens with one attached hydrogen (secondary N) is 1. The number of aromatic nitrogens is 1. The summed E-state index contributed by atoms with van der Waals surface area (Å²) in [4.78, 5) is 18.3. The minimum Gasteiger partial charge on any atom is -0.454 e. The fraction of sp³-hybridized carbons (Fsp3) is 0.143. The van der Waals surface area contributed by atoms with E-state index in [2.05, 4.69) is 36.3 Å². The number of amides is 1. The van der Waals surface area contributed by atoms with Crippen molar-refractivity contribution in [3.63, 3.8) is 0 Å². The molecule has 1 aliphatic heterocycles. The van der Waals surface area contributed by atoms with Gasteiger partial charge in [-0.2, -0.15) is 0 Å². The molecule has 1 aliphatic rings. The molecular weight excluding hydrogens is 360 g/mol. The molecule has 27 heavy (non-hydrogen) atoms. The van der Waals surface area contributed by atoms with E-state index in [0.29, 0.717) is 27.8 Å². The lowest BCUT2D eigenvalue weighted by molar-refractivity contribution is 0.102. The Hall–Kier alpha value is -2.99. The van der Waals surface area contributed by atoms with Gasteiger partial charge in [-0.3, -0.25) is 4.79 Å². The van der Waals surface area contributed by atoms with Crippen LogP contribution < -0.4 is 14.8 Å².